The molecule has 1 aliphatic heterocycles. The van der Waals surface area contributed by atoms with Gasteiger partial charge in [-0.2, -0.15) is 0 Å². The summed E-state index contributed by atoms with van der Waals surface area (Å²) in [5.41, 5.74) is 3.38. The summed E-state index contributed by atoms with van der Waals surface area (Å²) in [5.74, 6) is -0.683. The number of allylic oxidation sites excluding steroid dienone is 1. The Morgan fingerprint density at radius 3 is 2.50 bits per heavy atom. The Morgan fingerprint density at radius 1 is 1.23 bits per heavy atom. The Hall–Kier alpha value is -1.95. The summed E-state index contributed by atoms with van der Waals surface area (Å²) in [4.78, 5) is 38.7. The number of rotatable bonds is 3. The number of aryl methyl sites for hydroxylation is 1. The van der Waals surface area contributed by atoms with Crippen molar-refractivity contribution in [3.63, 3.8) is 0 Å². The van der Waals surface area contributed by atoms with E-state index in [0.29, 0.717) is 12.0 Å². The minimum absolute atomic E-state index is 0.0296. The molecule has 0 amide bonds. The van der Waals surface area contributed by atoms with Crippen molar-refractivity contribution in [3.05, 3.63) is 39.5 Å². The van der Waals surface area contributed by atoms with Gasteiger partial charge in [0.15, 0.2) is 11.6 Å². The van der Waals surface area contributed by atoms with E-state index >= 15 is 0 Å². The molecule has 1 heterocycles. The van der Waals surface area contributed by atoms with Gasteiger partial charge in [-0.15, -0.1) is 0 Å². The monoisotopic (exact) mass is 419 g/mol. The van der Waals surface area contributed by atoms with Crippen molar-refractivity contribution in [2.75, 3.05) is 4.90 Å². The molecule has 0 N–H and O–H groups in total. The van der Waals surface area contributed by atoms with Crippen LogP contribution in [0, 0.1) is 12.8 Å². The molecule has 2 aliphatic rings. The van der Waals surface area contributed by atoms with Gasteiger partial charge in [0.25, 0.3) is 0 Å². The molecular weight excluding hydrogens is 398 g/mol. The van der Waals surface area contributed by atoms with Gasteiger partial charge in [0.05, 0.1) is 11.7 Å². The van der Waals surface area contributed by atoms with Crippen LogP contribution >= 0.6 is 15.9 Å². The number of fused-ring (bicyclic) bond motifs is 2. The van der Waals surface area contributed by atoms with Crippen LogP contribution in [0.3, 0.4) is 0 Å². The number of carbonyl (C=O) groups excluding carboxylic acids is 3. The predicted octanol–water partition coefficient (Wildman–Crippen LogP) is 3.72. The van der Waals surface area contributed by atoms with Gasteiger partial charge in [-0.3, -0.25) is 14.4 Å². The van der Waals surface area contributed by atoms with Crippen molar-refractivity contribution in [3.8, 4) is 0 Å². The van der Waals surface area contributed by atoms with Gasteiger partial charge in [0.2, 0.25) is 0 Å². The van der Waals surface area contributed by atoms with Crippen LogP contribution in [0.2, 0.25) is 0 Å². The number of carbonyl (C=O) groups is 3. The number of esters is 1. The van der Waals surface area contributed by atoms with E-state index in [1.54, 1.807) is 0 Å². The summed E-state index contributed by atoms with van der Waals surface area (Å²) in [6.45, 7) is 6.73. The molecule has 2 bridgehead atoms. The van der Waals surface area contributed by atoms with E-state index < -0.39 is 12.1 Å². The van der Waals surface area contributed by atoms with E-state index in [1.165, 1.54) is 13.8 Å². The van der Waals surface area contributed by atoms with Crippen molar-refractivity contribution in [2.45, 2.75) is 52.7 Å². The van der Waals surface area contributed by atoms with Crippen molar-refractivity contribution in [1.82, 2.24) is 0 Å². The highest BCUT2D eigenvalue weighted by molar-refractivity contribution is 9.10. The molecule has 0 saturated heterocycles. The van der Waals surface area contributed by atoms with Crippen LogP contribution in [0.5, 0.6) is 0 Å². The fourth-order valence-corrected chi connectivity index (χ4v) is 4.88. The van der Waals surface area contributed by atoms with Crippen LogP contribution in [-0.4, -0.2) is 29.7 Å². The van der Waals surface area contributed by atoms with Crippen LogP contribution < -0.4 is 4.90 Å². The first-order valence-corrected chi connectivity index (χ1v) is 9.47. The smallest absolute Gasteiger partial charge is 0.302 e. The van der Waals surface area contributed by atoms with Crippen LogP contribution in [0.15, 0.2) is 33.9 Å². The Morgan fingerprint density at radius 2 is 1.92 bits per heavy atom. The first-order valence-electron chi connectivity index (χ1n) is 8.67. The Bertz CT molecular complexity index is 829. The second-order valence-electron chi connectivity index (χ2n) is 7.06. The maximum absolute atomic E-state index is 12.8. The largest absolute Gasteiger partial charge is 0.461 e. The topological polar surface area (TPSA) is 63.7 Å². The van der Waals surface area contributed by atoms with E-state index in [1.807, 2.05) is 36.9 Å². The third kappa shape index (κ3) is 3.22. The molecule has 3 rings (SSSR count). The summed E-state index contributed by atoms with van der Waals surface area (Å²) in [6, 6.07) is 5.60. The SMILES string of the molecule is CC(=O)O[C@@H]1CC(=O)[C@@H]2C[C@H]1C(C(C)=O)=C(C)N2c1ccc(C)cc1Br. The molecule has 26 heavy (non-hydrogen) atoms. The highest BCUT2D eigenvalue weighted by Crippen LogP contribution is 2.44. The maximum atomic E-state index is 12.8. The van der Waals surface area contributed by atoms with Crippen LogP contribution in [0.1, 0.15) is 39.2 Å². The second kappa shape index (κ2) is 6.99. The number of ketones is 2. The first-order chi connectivity index (χ1) is 12.2. The summed E-state index contributed by atoms with van der Waals surface area (Å²) < 4.78 is 6.27. The number of hydrogen-bond acceptors (Lipinski definition) is 5. The number of anilines is 1. The fraction of sp³-hybridized carbons (Fsp3) is 0.450. The van der Waals surface area contributed by atoms with Crippen molar-refractivity contribution >= 4 is 39.2 Å². The van der Waals surface area contributed by atoms with E-state index in [-0.39, 0.29) is 29.9 Å². The molecule has 0 spiro atoms. The number of halogens is 1. The molecular formula is C20H22BrNO4. The van der Waals surface area contributed by atoms with Crippen LogP contribution in [0.25, 0.3) is 0 Å². The number of nitrogens with zero attached hydrogens (tertiary/aromatic N) is 1. The molecule has 1 fully saturated rings. The van der Waals surface area contributed by atoms with E-state index in [2.05, 4.69) is 15.9 Å². The summed E-state index contributed by atoms with van der Waals surface area (Å²) >= 11 is 3.59. The lowest BCUT2D eigenvalue weighted by Crippen LogP contribution is -2.54. The number of hydrogen-bond donors (Lipinski definition) is 0. The lowest BCUT2D eigenvalue weighted by Gasteiger charge is -2.47. The summed E-state index contributed by atoms with van der Waals surface area (Å²) in [6.07, 6.45) is 0.0520. The molecule has 0 unspecified atom stereocenters. The third-order valence-electron chi connectivity index (χ3n) is 5.19. The van der Waals surface area contributed by atoms with Crippen molar-refractivity contribution in [1.29, 1.82) is 0 Å². The average Bonchev–Trinajstić information content (AvgIpc) is 2.52. The molecule has 3 atom stereocenters. The molecule has 138 valence electrons. The van der Waals surface area contributed by atoms with Gasteiger partial charge in [0, 0.05) is 35.0 Å². The van der Waals surface area contributed by atoms with Gasteiger partial charge in [-0.25, -0.2) is 0 Å². The summed E-state index contributed by atoms with van der Waals surface area (Å²) in [7, 11) is 0. The highest BCUT2D eigenvalue weighted by Gasteiger charge is 2.48. The van der Waals surface area contributed by atoms with Crippen LogP contribution in [0.4, 0.5) is 5.69 Å². The number of Topliss-reactive ketones (excluding diaryl/α,β-unsaturated/α-hetero) is 2. The standard InChI is InChI=1S/C20H22BrNO4/c1-10-5-6-16(15(21)7-10)22-11(2)20(12(3)23)14-8-17(22)18(25)9-19(14)26-13(4)24/h5-7,14,17,19H,8-9H2,1-4H3/t14-,17+,19-/m1/s1. The maximum Gasteiger partial charge on any atom is 0.302 e. The molecule has 6 heteroatoms. The molecule has 1 saturated carbocycles. The van der Waals surface area contributed by atoms with Crippen molar-refractivity contribution < 1.29 is 19.1 Å². The van der Waals surface area contributed by atoms with E-state index in [0.717, 1.165) is 21.4 Å². The second-order valence-corrected chi connectivity index (χ2v) is 7.91. The van der Waals surface area contributed by atoms with Gasteiger partial charge in [-0.05, 0) is 60.8 Å². The molecule has 1 aromatic carbocycles. The molecule has 1 aromatic rings. The lowest BCUT2D eigenvalue weighted by molar-refractivity contribution is -0.152. The van der Waals surface area contributed by atoms with Gasteiger partial charge in [-0.1, -0.05) is 6.07 Å². The van der Waals surface area contributed by atoms with E-state index in [9.17, 15) is 14.4 Å². The molecule has 5 nitrogen and oxygen atoms in total. The number of ether oxygens (including phenoxy) is 1. The van der Waals surface area contributed by atoms with Gasteiger partial charge >= 0.3 is 5.97 Å². The molecule has 0 radical (unpaired) electrons. The first kappa shape index (κ1) is 18.8. The normalized spacial score (nSPS) is 25.3. The van der Waals surface area contributed by atoms with Crippen molar-refractivity contribution in [2.24, 2.45) is 5.92 Å². The van der Waals surface area contributed by atoms with E-state index in [4.69, 9.17) is 4.74 Å². The highest BCUT2D eigenvalue weighted by atomic mass is 79.9. The minimum atomic E-state index is -0.561. The quantitative estimate of drug-likeness (QED) is 0.698. The zero-order chi connectivity index (χ0) is 19.2. The van der Waals surface area contributed by atoms with Gasteiger partial charge < -0.3 is 9.64 Å². The fourth-order valence-electron chi connectivity index (χ4n) is 4.19. The number of benzene rings is 1. The lowest BCUT2D eigenvalue weighted by atomic mass is 9.72. The van der Waals surface area contributed by atoms with Crippen LogP contribution in [-0.2, 0) is 19.1 Å². The molecule has 1 aliphatic carbocycles. The average molecular weight is 420 g/mol. The zero-order valence-corrected chi connectivity index (χ0v) is 16.9. The van der Waals surface area contributed by atoms with Gasteiger partial charge in [0.1, 0.15) is 6.10 Å². The Labute approximate surface area is 161 Å². The predicted molar refractivity (Wildman–Crippen MR) is 102 cm³/mol. The summed E-state index contributed by atoms with van der Waals surface area (Å²) in [5, 5.41) is 0. The third-order valence-corrected chi connectivity index (χ3v) is 5.83. The zero-order valence-electron chi connectivity index (χ0n) is 15.3. The Kier molecular flexibility index (Phi) is 5.06. The molecule has 0 aromatic heterocycles. The minimum Gasteiger partial charge on any atom is -0.461 e. The Balaban J connectivity index is 2.14.